The number of ketones is 3. The third-order valence-electron chi connectivity index (χ3n) is 5.56. The van der Waals surface area contributed by atoms with Crippen molar-refractivity contribution in [1.29, 1.82) is 0 Å². The number of benzene rings is 1. The number of hydrogen-bond donors (Lipinski definition) is 0. The molecule has 0 amide bonds. The third-order valence-corrected chi connectivity index (χ3v) is 7.81. The summed E-state index contributed by atoms with van der Waals surface area (Å²) in [6.07, 6.45) is 5.20. The summed E-state index contributed by atoms with van der Waals surface area (Å²) in [6.45, 7) is 19.3. The van der Waals surface area contributed by atoms with Crippen molar-refractivity contribution in [3.63, 3.8) is 0 Å². The number of Topliss-reactive ketones (excluding diaryl/α,β-unsaturated/α-hetero) is 3. The number of allylic oxidation sites excluding steroid dienone is 4. The van der Waals surface area contributed by atoms with E-state index >= 15 is 0 Å². The number of rotatable bonds is 8. The van der Waals surface area contributed by atoms with Gasteiger partial charge in [-0.15, -0.1) is 0 Å². The molecule has 0 unspecified atom stereocenters. The first-order valence-corrected chi connectivity index (χ1v) is 18.5. The molecule has 0 N–H and O–H groups in total. The van der Waals surface area contributed by atoms with Gasteiger partial charge >= 0.3 is 0 Å². The van der Waals surface area contributed by atoms with Gasteiger partial charge in [0.2, 0.25) is 0 Å². The molecule has 1 aromatic rings. The summed E-state index contributed by atoms with van der Waals surface area (Å²) in [7, 11) is -3.92. The maximum atomic E-state index is 13.3. The lowest BCUT2D eigenvalue weighted by Gasteiger charge is -2.32. The van der Waals surface area contributed by atoms with Gasteiger partial charge in [0.1, 0.15) is 11.2 Å². The Morgan fingerprint density at radius 1 is 0.765 bits per heavy atom. The van der Waals surface area contributed by atoms with Gasteiger partial charge in [-0.1, -0.05) is 18.2 Å². The fourth-order valence-corrected chi connectivity index (χ4v) is 7.92. The molecule has 0 atom stereocenters. The Morgan fingerprint density at radius 3 is 1.82 bits per heavy atom. The molecular formula is C27H36O5Si2. The van der Waals surface area contributed by atoms with E-state index in [4.69, 9.17) is 8.85 Å². The molecule has 0 heterocycles. The van der Waals surface area contributed by atoms with E-state index in [1.165, 1.54) is 0 Å². The van der Waals surface area contributed by atoms with Gasteiger partial charge in [-0.3, -0.25) is 14.4 Å². The highest BCUT2D eigenvalue weighted by Crippen LogP contribution is 2.41. The van der Waals surface area contributed by atoms with Crippen LogP contribution in [-0.4, -0.2) is 45.2 Å². The predicted molar refractivity (Wildman–Crippen MR) is 142 cm³/mol. The second kappa shape index (κ2) is 8.48. The van der Waals surface area contributed by atoms with Crippen LogP contribution < -0.4 is 0 Å². The van der Waals surface area contributed by atoms with Crippen molar-refractivity contribution < 1.29 is 23.2 Å². The van der Waals surface area contributed by atoms with E-state index < -0.39 is 27.8 Å². The highest BCUT2D eigenvalue weighted by Gasteiger charge is 2.41. The van der Waals surface area contributed by atoms with Crippen molar-refractivity contribution in [2.45, 2.75) is 78.2 Å². The lowest BCUT2D eigenvalue weighted by atomic mass is 9.85. The third kappa shape index (κ3) is 5.38. The van der Waals surface area contributed by atoms with Crippen LogP contribution >= 0.6 is 0 Å². The summed E-state index contributed by atoms with van der Waals surface area (Å²) in [4.78, 5) is 39.8. The lowest BCUT2D eigenvalue weighted by Crippen LogP contribution is -2.46. The molecule has 5 nitrogen and oxygen atoms in total. The zero-order valence-corrected chi connectivity index (χ0v) is 24.0. The topological polar surface area (TPSA) is 69.7 Å². The molecule has 182 valence electrons. The number of hydrogen-bond acceptors (Lipinski definition) is 5. The van der Waals surface area contributed by atoms with Gasteiger partial charge in [-0.05, 0) is 102 Å². The minimum absolute atomic E-state index is 0.0921. The van der Waals surface area contributed by atoms with Gasteiger partial charge in [0.15, 0.2) is 34.0 Å². The van der Waals surface area contributed by atoms with Crippen LogP contribution in [0, 0.1) is 0 Å². The minimum Gasteiger partial charge on any atom is -0.405 e. The number of fused-ring (bicyclic) bond motifs is 3. The summed E-state index contributed by atoms with van der Waals surface area (Å²) in [5.74, 6) is -0.708. The summed E-state index contributed by atoms with van der Waals surface area (Å²) in [5, 5.41) is 0. The van der Waals surface area contributed by atoms with Crippen LogP contribution in [0.5, 0.6) is 0 Å². The maximum Gasteiger partial charge on any atom is 0.197 e. The van der Waals surface area contributed by atoms with E-state index in [9.17, 15) is 14.4 Å². The van der Waals surface area contributed by atoms with Crippen molar-refractivity contribution in [2.75, 3.05) is 0 Å². The molecule has 0 saturated heterocycles. The van der Waals surface area contributed by atoms with Crippen molar-refractivity contribution >= 4 is 45.6 Å². The lowest BCUT2D eigenvalue weighted by molar-refractivity contribution is -0.130. The first kappa shape index (κ1) is 26.4. The largest absolute Gasteiger partial charge is 0.405 e. The van der Waals surface area contributed by atoms with E-state index in [-0.39, 0.29) is 22.9 Å². The first-order valence-electron chi connectivity index (χ1n) is 11.7. The predicted octanol–water partition coefficient (Wildman–Crippen LogP) is 5.99. The van der Waals surface area contributed by atoms with Gasteiger partial charge in [-0.25, -0.2) is 0 Å². The standard InChI is InChI=1S/C27H36O5Si2/c1-26(2,31-33(5,6)7)24(29)17-11-12-19-18(15-17)16-22-20(19)13-14-21(23(22)28)25(30)27(3,4)32-34(8,9)10/h11-16H,1-10H3. The van der Waals surface area contributed by atoms with Gasteiger partial charge in [-0.2, -0.15) is 0 Å². The second-order valence-corrected chi connectivity index (χ2v) is 20.8. The Labute approximate surface area is 205 Å². The molecule has 0 aliphatic heterocycles. The fraction of sp³-hybridized carbons (Fsp3) is 0.444. The van der Waals surface area contributed by atoms with E-state index in [0.717, 1.165) is 16.7 Å². The highest BCUT2D eigenvalue weighted by molar-refractivity contribution is 6.70. The molecule has 2 aliphatic rings. The average Bonchev–Trinajstić information content (AvgIpc) is 3.02. The zero-order valence-electron chi connectivity index (χ0n) is 22.0. The van der Waals surface area contributed by atoms with Gasteiger partial charge < -0.3 is 8.85 Å². The molecule has 0 fully saturated rings. The second-order valence-electron chi connectivity index (χ2n) is 12.0. The Balaban J connectivity index is 1.92. The SMILES string of the molecule is CC(C)(O[Si](C)(C)C)C(=O)C1=CC=C2C(=Cc3cc(C(=O)C(C)(C)O[Si](C)(C)C)ccc32)C1=O. The fourth-order valence-electron chi connectivity index (χ4n) is 4.68. The molecule has 0 aromatic heterocycles. The van der Waals surface area contributed by atoms with E-state index in [1.54, 1.807) is 45.9 Å². The van der Waals surface area contributed by atoms with Crippen LogP contribution in [-0.2, 0) is 18.4 Å². The summed E-state index contributed by atoms with van der Waals surface area (Å²) in [6, 6.07) is 5.47. The van der Waals surface area contributed by atoms with Crippen LogP contribution in [0.15, 0.2) is 41.5 Å². The number of carbonyl (C=O) groups excluding carboxylic acids is 3. The maximum absolute atomic E-state index is 13.3. The quantitative estimate of drug-likeness (QED) is 0.251. The molecule has 2 aliphatic carbocycles. The van der Waals surface area contributed by atoms with Crippen LogP contribution in [0.3, 0.4) is 0 Å². The van der Waals surface area contributed by atoms with Crippen molar-refractivity contribution in [3.8, 4) is 0 Å². The van der Waals surface area contributed by atoms with E-state index in [1.807, 2.05) is 37.8 Å². The summed E-state index contributed by atoms with van der Waals surface area (Å²) in [5.41, 5.74) is 1.59. The molecule has 3 rings (SSSR count). The van der Waals surface area contributed by atoms with Crippen molar-refractivity contribution in [2.24, 2.45) is 0 Å². The monoisotopic (exact) mass is 496 g/mol. The average molecular weight is 497 g/mol. The van der Waals surface area contributed by atoms with Crippen LogP contribution in [0.4, 0.5) is 0 Å². The van der Waals surface area contributed by atoms with E-state index in [0.29, 0.717) is 11.1 Å². The molecule has 0 bridgehead atoms. The minimum atomic E-state index is -2.00. The molecule has 0 saturated carbocycles. The Morgan fingerprint density at radius 2 is 1.29 bits per heavy atom. The van der Waals surface area contributed by atoms with Crippen molar-refractivity contribution in [1.82, 2.24) is 0 Å². The molecule has 0 radical (unpaired) electrons. The van der Waals surface area contributed by atoms with Gasteiger partial charge in [0, 0.05) is 11.1 Å². The molecule has 34 heavy (non-hydrogen) atoms. The van der Waals surface area contributed by atoms with Crippen LogP contribution in [0.1, 0.15) is 49.2 Å². The Bertz CT molecular complexity index is 1170. The molecule has 0 spiro atoms. The van der Waals surface area contributed by atoms with Gasteiger partial charge in [0.05, 0.1) is 5.57 Å². The first-order chi connectivity index (χ1) is 15.3. The molecule has 1 aromatic carbocycles. The molecule has 7 heteroatoms. The smallest absolute Gasteiger partial charge is 0.197 e. The number of carbonyl (C=O) groups is 3. The highest BCUT2D eigenvalue weighted by atomic mass is 28.4. The molecular weight excluding hydrogens is 460 g/mol. The zero-order chi connectivity index (χ0) is 25.9. The Hall–Kier alpha value is -2.20. The van der Waals surface area contributed by atoms with Crippen molar-refractivity contribution in [3.05, 3.63) is 58.2 Å². The van der Waals surface area contributed by atoms with E-state index in [2.05, 4.69) is 19.6 Å². The summed E-state index contributed by atoms with van der Waals surface area (Å²) >= 11 is 0. The summed E-state index contributed by atoms with van der Waals surface area (Å²) < 4.78 is 12.2. The normalized spacial score (nSPS) is 16.4. The Kier molecular flexibility index (Phi) is 6.59. The van der Waals surface area contributed by atoms with Gasteiger partial charge in [0.25, 0.3) is 0 Å². The van der Waals surface area contributed by atoms with Crippen LogP contribution in [0.2, 0.25) is 39.3 Å². The van der Waals surface area contributed by atoms with Crippen LogP contribution in [0.25, 0.3) is 11.6 Å².